The quantitative estimate of drug-likeness (QED) is 0.812. The minimum atomic E-state index is 0.546. The highest BCUT2D eigenvalue weighted by Crippen LogP contribution is 2.27. The highest BCUT2D eigenvalue weighted by Gasteiger charge is 2.20. The second-order valence-electron chi connectivity index (χ2n) is 7.15. The van der Waals surface area contributed by atoms with E-state index in [2.05, 4.69) is 46.8 Å². The predicted molar refractivity (Wildman–Crippen MR) is 98.1 cm³/mol. The topological polar surface area (TPSA) is 38.9 Å². The third-order valence-corrected chi connectivity index (χ3v) is 5.26. The van der Waals surface area contributed by atoms with Crippen LogP contribution >= 0.6 is 0 Å². The Morgan fingerprint density at radius 2 is 1.92 bits per heavy atom. The number of hydrogen-bond donors (Lipinski definition) is 0. The lowest BCUT2D eigenvalue weighted by atomic mass is 10.1. The molecule has 1 aliphatic heterocycles. The molecule has 0 saturated carbocycles. The molecule has 0 amide bonds. The van der Waals surface area contributed by atoms with Crippen LogP contribution in [0.5, 0.6) is 0 Å². The number of aromatic nitrogens is 4. The lowest BCUT2D eigenvalue weighted by Crippen LogP contribution is -2.39. The van der Waals surface area contributed by atoms with Crippen molar-refractivity contribution >= 4 is 0 Å². The maximum atomic E-state index is 4.73. The van der Waals surface area contributed by atoms with E-state index in [1.165, 1.54) is 49.3 Å². The fourth-order valence-electron chi connectivity index (χ4n) is 3.93. The number of aryl methyl sites for hydroxylation is 2. The van der Waals surface area contributed by atoms with E-state index in [4.69, 9.17) is 5.10 Å². The van der Waals surface area contributed by atoms with Gasteiger partial charge >= 0.3 is 0 Å². The molecule has 1 fully saturated rings. The summed E-state index contributed by atoms with van der Waals surface area (Å²) >= 11 is 0. The number of piperidine rings is 1. The molecule has 1 saturated heterocycles. The van der Waals surface area contributed by atoms with Crippen molar-refractivity contribution < 1.29 is 0 Å². The van der Waals surface area contributed by atoms with Gasteiger partial charge in [0.15, 0.2) is 0 Å². The molecular formula is C19H31N5. The molecule has 0 aromatic carbocycles. The molecular weight excluding hydrogens is 298 g/mol. The first kappa shape index (κ1) is 17.2. The van der Waals surface area contributed by atoms with Gasteiger partial charge in [-0.15, -0.1) is 0 Å². The van der Waals surface area contributed by atoms with Gasteiger partial charge in [-0.1, -0.05) is 13.3 Å². The third-order valence-electron chi connectivity index (χ3n) is 5.26. The van der Waals surface area contributed by atoms with E-state index in [1.54, 1.807) is 0 Å². The SMILES string of the molecule is CCCn1nc(C)c(-c2cncn2C[C@H](C)N2CCCCC2)c1C. The van der Waals surface area contributed by atoms with E-state index in [1.807, 2.05) is 12.5 Å². The summed E-state index contributed by atoms with van der Waals surface area (Å²) < 4.78 is 4.45. The van der Waals surface area contributed by atoms with Crippen molar-refractivity contribution in [3.63, 3.8) is 0 Å². The van der Waals surface area contributed by atoms with Gasteiger partial charge in [-0.3, -0.25) is 9.58 Å². The smallest absolute Gasteiger partial charge is 0.0951 e. The molecule has 24 heavy (non-hydrogen) atoms. The molecule has 1 atom stereocenters. The van der Waals surface area contributed by atoms with Crippen LogP contribution in [0, 0.1) is 13.8 Å². The predicted octanol–water partition coefficient (Wildman–Crippen LogP) is 3.65. The molecule has 5 nitrogen and oxygen atoms in total. The minimum Gasteiger partial charge on any atom is -0.329 e. The Morgan fingerprint density at radius 1 is 1.17 bits per heavy atom. The Bertz CT molecular complexity index is 663. The Hall–Kier alpha value is -1.62. The summed E-state index contributed by atoms with van der Waals surface area (Å²) in [6.45, 7) is 13.3. The summed E-state index contributed by atoms with van der Waals surface area (Å²) in [5, 5.41) is 4.73. The van der Waals surface area contributed by atoms with Gasteiger partial charge in [0.2, 0.25) is 0 Å². The second kappa shape index (κ2) is 7.51. The molecule has 2 aromatic heterocycles. The summed E-state index contributed by atoms with van der Waals surface area (Å²) in [5.41, 5.74) is 4.82. The maximum absolute atomic E-state index is 4.73. The summed E-state index contributed by atoms with van der Waals surface area (Å²) in [5.74, 6) is 0. The van der Waals surface area contributed by atoms with Gasteiger partial charge in [-0.05, 0) is 53.1 Å². The van der Waals surface area contributed by atoms with Crippen LogP contribution in [0.3, 0.4) is 0 Å². The van der Waals surface area contributed by atoms with E-state index >= 15 is 0 Å². The van der Waals surface area contributed by atoms with Gasteiger partial charge < -0.3 is 4.57 Å². The van der Waals surface area contributed by atoms with Gasteiger partial charge in [0.25, 0.3) is 0 Å². The Morgan fingerprint density at radius 3 is 2.62 bits per heavy atom. The zero-order valence-electron chi connectivity index (χ0n) is 15.6. The average molecular weight is 329 g/mol. The van der Waals surface area contributed by atoms with Gasteiger partial charge in [0, 0.05) is 30.4 Å². The van der Waals surface area contributed by atoms with Gasteiger partial charge in [-0.25, -0.2) is 4.98 Å². The molecule has 1 aliphatic rings. The highest BCUT2D eigenvalue weighted by atomic mass is 15.3. The summed E-state index contributed by atoms with van der Waals surface area (Å²) in [6.07, 6.45) is 9.13. The van der Waals surface area contributed by atoms with E-state index in [0.29, 0.717) is 6.04 Å². The van der Waals surface area contributed by atoms with Crippen LogP contribution in [0.2, 0.25) is 0 Å². The molecule has 0 unspecified atom stereocenters. The van der Waals surface area contributed by atoms with Crippen LogP contribution < -0.4 is 0 Å². The van der Waals surface area contributed by atoms with E-state index < -0.39 is 0 Å². The lowest BCUT2D eigenvalue weighted by Gasteiger charge is -2.32. The van der Waals surface area contributed by atoms with E-state index in [0.717, 1.165) is 25.2 Å². The fourth-order valence-corrected chi connectivity index (χ4v) is 3.93. The van der Waals surface area contributed by atoms with Crippen molar-refractivity contribution in [3.8, 4) is 11.3 Å². The van der Waals surface area contributed by atoms with Gasteiger partial charge in [-0.2, -0.15) is 5.10 Å². The van der Waals surface area contributed by atoms with Gasteiger partial charge in [0.1, 0.15) is 0 Å². The van der Waals surface area contributed by atoms with Crippen molar-refractivity contribution in [1.82, 2.24) is 24.2 Å². The maximum Gasteiger partial charge on any atom is 0.0951 e. The lowest BCUT2D eigenvalue weighted by molar-refractivity contribution is 0.160. The van der Waals surface area contributed by atoms with E-state index in [-0.39, 0.29) is 0 Å². The summed E-state index contributed by atoms with van der Waals surface area (Å²) in [7, 11) is 0. The first-order valence-corrected chi connectivity index (χ1v) is 9.40. The Kier molecular flexibility index (Phi) is 5.39. The zero-order chi connectivity index (χ0) is 17.1. The van der Waals surface area contributed by atoms with E-state index in [9.17, 15) is 0 Å². The van der Waals surface area contributed by atoms with Crippen LogP contribution in [0.25, 0.3) is 11.3 Å². The second-order valence-corrected chi connectivity index (χ2v) is 7.15. The molecule has 2 aromatic rings. The molecule has 3 heterocycles. The monoisotopic (exact) mass is 329 g/mol. The fraction of sp³-hybridized carbons (Fsp3) is 0.684. The third kappa shape index (κ3) is 3.41. The number of likely N-dealkylation sites (tertiary alicyclic amines) is 1. The van der Waals surface area contributed by atoms with Crippen molar-refractivity contribution in [2.75, 3.05) is 13.1 Å². The molecule has 3 rings (SSSR count). The highest BCUT2D eigenvalue weighted by molar-refractivity contribution is 5.64. The molecule has 0 N–H and O–H groups in total. The number of imidazole rings is 1. The molecule has 0 aliphatic carbocycles. The standard InChI is InChI=1S/C19H31N5/c1-5-9-24-17(4)19(16(3)21-24)18-12-20-14-23(18)13-15(2)22-10-7-6-8-11-22/h12,14-15H,5-11,13H2,1-4H3/t15-/m0/s1. The summed E-state index contributed by atoms with van der Waals surface area (Å²) in [6, 6.07) is 0.546. The number of hydrogen-bond acceptors (Lipinski definition) is 3. The van der Waals surface area contributed by atoms with Crippen LogP contribution in [0.4, 0.5) is 0 Å². The molecule has 0 bridgehead atoms. The molecule has 0 radical (unpaired) electrons. The average Bonchev–Trinajstić information content (AvgIpc) is 3.13. The minimum absolute atomic E-state index is 0.546. The Labute approximate surface area is 145 Å². The molecule has 0 spiro atoms. The summed E-state index contributed by atoms with van der Waals surface area (Å²) in [4.78, 5) is 7.06. The van der Waals surface area contributed by atoms with Crippen molar-refractivity contribution in [2.24, 2.45) is 0 Å². The van der Waals surface area contributed by atoms with Gasteiger partial charge in [0.05, 0.1) is 23.9 Å². The first-order chi connectivity index (χ1) is 11.6. The van der Waals surface area contributed by atoms with Crippen molar-refractivity contribution in [1.29, 1.82) is 0 Å². The zero-order valence-corrected chi connectivity index (χ0v) is 15.6. The van der Waals surface area contributed by atoms with Crippen molar-refractivity contribution in [2.45, 2.75) is 72.5 Å². The number of rotatable bonds is 6. The van der Waals surface area contributed by atoms with Crippen LogP contribution in [-0.2, 0) is 13.1 Å². The van der Waals surface area contributed by atoms with Crippen LogP contribution in [0.15, 0.2) is 12.5 Å². The molecule has 5 heteroatoms. The first-order valence-electron chi connectivity index (χ1n) is 9.40. The van der Waals surface area contributed by atoms with Crippen LogP contribution in [-0.4, -0.2) is 43.4 Å². The number of nitrogens with zero attached hydrogens (tertiary/aromatic N) is 5. The Balaban J connectivity index is 1.83. The molecule has 132 valence electrons. The normalized spacial score (nSPS) is 17.3. The van der Waals surface area contributed by atoms with Crippen molar-refractivity contribution in [3.05, 3.63) is 23.9 Å². The van der Waals surface area contributed by atoms with Crippen LogP contribution in [0.1, 0.15) is 50.9 Å². The largest absolute Gasteiger partial charge is 0.329 e.